The molecule has 2 fully saturated rings. The van der Waals surface area contributed by atoms with Gasteiger partial charge in [0.05, 0.1) is 31.1 Å². The van der Waals surface area contributed by atoms with E-state index in [9.17, 15) is 9.59 Å². The first-order valence-corrected chi connectivity index (χ1v) is 15.8. The molecule has 2 aromatic carbocycles. The quantitative estimate of drug-likeness (QED) is 0.270. The molecular formula is C35H46N6O3. The Bertz CT molecular complexity index is 1400. The summed E-state index contributed by atoms with van der Waals surface area (Å²) in [7, 11) is 0. The number of nitrogens with zero attached hydrogens (tertiary/aromatic N) is 3. The van der Waals surface area contributed by atoms with Crippen LogP contribution in [0.1, 0.15) is 69.5 Å². The maximum Gasteiger partial charge on any atom is 0.250 e. The zero-order chi connectivity index (χ0) is 31.1. The van der Waals surface area contributed by atoms with E-state index in [1.165, 1.54) is 25.7 Å². The van der Waals surface area contributed by atoms with Crippen molar-refractivity contribution in [2.24, 2.45) is 11.7 Å². The minimum atomic E-state index is -1.07. The Balaban J connectivity index is 1.33. The lowest BCUT2D eigenvalue weighted by atomic mass is 9.78. The predicted molar refractivity (Wildman–Crippen MR) is 173 cm³/mol. The first kappa shape index (κ1) is 31.5. The van der Waals surface area contributed by atoms with Crippen LogP contribution in [0, 0.1) is 5.92 Å². The number of nitrogens with one attached hydrogen (secondary N) is 2. The molecule has 44 heavy (non-hydrogen) atoms. The summed E-state index contributed by atoms with van der Waals surface area (Å²) in [6.45, 7) is 8.88. The Labute approximate surface area is 260 Å². The first-order valence-electron chi connectivity index (χ1n) is 15.8. The second kappa shape index (κ2) is 14.2. The van der Waals surface area contributed by atoms with E-state index in [1.54, 1.807) is 20.2 Å². The molecule has 4 atom stereocenters. The van der Waals surface area contributed by atoms with Crippen molar-refractivity contribution in [1.82, 2.24) is 19.8 Å². The van der Waals surface area contributed by atoms with Gasteiger partial charge in [-0.1, -0.05) is 80.1 Å². The van der Waals surface area contributed by atoms with Gasteiger partial charge in [-0.3, -0.25) is 9.59 Å². The first-order chi connectivity index (χ1) is 21.2. The third-order valence-electron chi connectivity index (χ3n) is 8.77. The van der Waals surface area contributed by atoms with Crippen LogP contribution in [0.2, 0.25) is 0 Å². The Morgan fingerprint density at radius 1 is 1.05 bits per heavy atom. The van der Waals surface area contributed by atoms with Crippen molar-refractivity contribution in [3.63, 3.8) is 0 Å². The lowest BCUT2D eigenvalue weighted by Crippen LogP contribution is -2.54. The van der Waals surface area contributed by atoms with Crippen LogP contribution >= 0.6 is 0 Å². The molecule has 5 rings (SSSR count). The third kappa shape index (κ3) is 7.76. The van der Waals surface area contributed by atoms with Gasteiger partial charge in [0.15, 0.2) is 0 Å². The number of ether oxygens (including phenoxy) is 1. The Morgan fingerprint density at radius 2 is 1.73 bits per heavy atom. The van der Waals surface area contributed by atoms with Gasteiger partial charge in [-0.05, 0) is 56.6 Å². The number of hydrogen-bond donors (Lipinski definition) is 3. The highest BCUT2D eigenvalue weighted by molar-refractivity contribution is 5.86. The van der Waals surface area contributed by atoms with Crippen molar-refractivity contribution in [3.8, 4) is 0 Å². The summed E-state index contributed by atoms with van der Waals surface area (Å²) < 4.78 is 7.84. The molecule has 2 heterocycles. The lowest BCUT2D eigenvalue weighted by Gasteiger charge is -2.45. The molecule has 0 radical (unpaired) electrons. The third-order valence-corrected chi connectivity index (χ3v) is 8.77. The number of nitrogens with two attached hydrogens (primary N) is 1. The molecule has 4 unspecified atom stereocenters. The number of carbonyl (C=O) groups excluding carboxylic acids is 2. The molecule has 1 aromatic heterocycles. The van der Waals surface area contributed by atoms with Gasteiger partial charge in [0, 0.05) is 24.5 Å². The number of fused-ring (bicyclic) bond motifs is 1. The number of piperidine rings is 1. The molecule has 9 heteroatoms. The summed E-state index contributed by atoms with van der Waals surface area (Å²) in [6.07, 6.45) is 10.5. The normalized spacial score (nSPS) is 19.8. The van der Waals surface area contributed by atoms with Crippen LogP contribution in [0.3, 0.4) is 0 Å². The molecule has 0 bridgehead atoms. The minimum Gasteiger partial charge on any atom is -0.374 e. The SMILES string of the molecule is C=C(Nc1cn(C(C(=O)N2CCCC3CCCCC32)c2ccccc2)cn1)C(COCc1ccccc1)NC(=O)C(C)(C)N. The van der Waals surface area contributed by atoms with Gasteiger partial charge in [-0.15, -0.1) is 0 Å². The van der Waals surface area contributed by atoms with Crippen molar-refractivity contribution in [2.45, 2.75) is 82.6 Å². The summed E-state index contributed by atoms with van der Waals surface area (Å²) in [5, 5.41) is 6.21. The number of benzene rings is 2. The molecule has 3 aromatic rings. The molecular weight excluding hydrogens is 552 g/mol. The number of likely N-dealkylation sites (tertiary alicyclic amines) is 1. The molecule has 1 aliphatic carbocycles. The second-order valence-electron chi connectivity index (χ2n) is 12.7. The largest absolute Gasteiger partial charge is 0.374 e. The molecule has 2 aliphatic rings. The topological polar surface area (TPSA) is 115 Å². The summed E-state index contributed by atoms with van der Waals surface area (Å²) in [5.41, 5.74) is 7.44. The zero-order valence-corrected chi connectivity index (χ0v) is 26.0. The van der Waals surface area contributed by atoms with Gasteiger partial charge in [0.25, 0.3) is 5.91 Å². The van der Waals surface area contributed by atoms with Crippen LogP contribution in [0.4, 0.5) is 5.82 Å². The van der Waals surface area contributed by atoms with E-state index < -0.39 is 17.6 Å². The van der Waals surface area contributed by atoms with E-state index in [4.69, 9.17) is 10.5 Å². The molecule has 234 valence electrons. The fourth-order valence-electron chi connectivity index (χ4n) is 6.37. The summed E-state index contributed by atoms with van der Waals surface area (Å²) in [4.78, 5) is 33.9. The minimum absolute atomic E-state index is 0.111. The van der Waals surface area contributed by atoms with Crippen LogP contribution in [-0.4, -0.2) is 57.0 Å². The smallest absolute Gasteiger partial charge is 0.250 e. The number of carbonyl (C=O) groups is 2. The highest BCUT2D eigenvalue weighted by Crippen LogP contribution is 2.37. The van der Waals surface area contributed by atoms with Gasteiger partial charge in [-0.25, -0.2) is 4.98 Å². The average molecular weight is 599 g/mol. The van der Waals surface area contributed by atoms with Gasteiger partial charge in [0.1, 0.15) is 11.9 Å². The number of amides is 2. The van der Waals surface area contributed by atoms with E-state index in [0.29, 0.717) is 30.1 Å². The van der Waals surface area contributed by atoms with Crippen molar-refractivity contribution < 1.29 is 14.3 Å². The lowest BCUT2D eigenvalue weighted by molar-refractivity contribution is -0.140. The van der Waals surface area contributed by atoms with Gasteiger partial charge in [0.2, 0.25) is 5.91 Å². The van der Waals surface area contributed by atoms with Crippen LogP contribution < -0.4 is 16.4 Å². The summed E-state index contributed by atoms with van der Waals surface area (Å²) in [5.74, 6) is 0.903. The average Bonchev–Trinajstić information content (AvgIpc) is 3.48. The predicted octanol–water partition coefficient (Wildman–Crippen LogP) is 5.02. The molecule has 4 N–H and O–H groups in total. The van der Waals surface area contributed by atoms with Gasteiger partial charge in [-0.2, -0.15) is 0 Å². The van der Waals surface area contributed by atoms with Crippen molar-refractivity contribution in [2.75, 3.05) is 18.5 Å². The molecule has 1 aliphatic heterocycles. The van der Waals surface area contributed by atoms with Gasteiger partial charge < -0.3 is 30.6 Å². The fraction of sp³-hybridized carbons (Fsp3) is 0.457. The monoisotopic (exact) mass is 598 g/mol. The number of hydrogen-bond acceptors (Lipinski definition) is 6. The van der Waals surface area contributed by atoms with E-state index in [0.717, 1.165) is 30.5 Å². The molecule has 0 spiro atoms. The Kier molecular flexibility index (Phi) is 10.2. The number of anilines is 1. The second-order valence-corrected chi connectivity index (χ2v) is 12.7. The molecule has 9 nitrogen and oxygen atoms in total. The van der Waals surface area contributed by atoms with Crippen LogP contribution in [0.15, 0.2) is 85.5 Å². The fourth-order valence-corrected chi connectivity index (χ4v) is 6.37. The van der Waals surface area contributed by atoms with Crippen LogP contribution in [0.5, 0.6) is 0 Å². The van der Waals surface area contributed by atoms with Crippen LogP contribution in [-0.2, 0) is 20.9 Å². The number of aromatic nitrogens is 2. The van der Waals surface area contributed by atoms with E-state index in [1.807, 2.05) is 71.4 Å². The number of imidazole rings is 1. The maximum absolute atomic E-state index is 14.3. The van der Waals surface area contributed by atoms with E-state index in [2.05, 4.69) is 27.1 Å². The Hall–Kier alpha value is -3.95. The summed E-state index contributed by atoms with van der Waals surface area (Å²) in [6, 6.07) is 18.9. The van der Waals surface area contributed by atoms with Crippen molar-refractivity contribution >= 4 is 17.6 Å². The zero-order valence-electron chi connectivity index (χ0n) is 26.0. The van der Waals surface area contributed by atoms with Crippen molar-refractivity contribution in [1.29, 1.82) is 0 Å². The summed E-state index contributed by atoms with van der Waals surface area (Å²) >= 11 is 0. The Morgan fingerprint density at radius 3 is 2.45 bits per heavy atom. The standard InChI is InChI=1S/C35H46N6O3/c1-25(29(39-34(43)35(2,3)36)23-44-22-26-13-6-4-7-14-26)38-31-21-40(24-37-31)32(28-16-8-5-9-17-28)33(42)41-20-12-18-27-15-10-11-19-30(27)41/h4-9,13-14,16-17,21,24,27,29-30,32,38H,1,10-12,15,18-20,22-23,36H2,2-3H3,(H,39,43). The van der Waals surface area contributed by atoms with E-state index in [-0.39, 0.29) is 18.4 Å². The highest BCUT2D eigenvalue weighted by atomic mass is 16.5. The maximum atomic E-state index is 14.3. The number of rotatable bonds is 12. The molecule has 1 saturated carbocycles. The molecule has 2 amide bonds. The van der Waals surface area contributed by atoms with Crippen LogP contribution in [0.25, 0.3) is 0 Å². The van der Waals surface area contributed by atoms with Crippen molar-refractivity contribution in [3.05, 3.63) is 96.6 Å². The van der Waals surface area contributed by atoms with Gasteiger partial charge >= 0.3 is 0 Å². The van der Waals surface area contributed by atoms with E-state index >= 15 is 0 Å². The highest BCUT2D eigenvalue weighted by Gasteiger charge is 2.39. The molecule has 1 saturated heterocycles.